The molecule has 1 aliphatic heterocycles. The van der Waals surface area contributed by atoms with Crippen molar-refractivity contribution >= 4 is 23.4 Å². The largest absolute Gasteiger partial charge is 0.478 e. The highest BCUT2D eigenvalue weighted by atomic mass is 35.5. The smallest absolute Gasteiger partial charge is 0.335 e. The van der Waals surface area contributed by atoms with Gasteiger partial charge in [0.15, 0.2) is 0 Å². The maximum absolute atomic E-state index is 11.0. The zero-order valence-electron chi connectivity index (χ0n) is 10.6. The lowest BCUT2D eigenvalue weighted by molar-refractivity contribution is 0.0697. The number of aromatic nitrogens is 1. The quantitative estimate of drug-likeness (QED) is 0.838. The van der Waals surface area contributed by atoms with Crippen molar-refractivity contribution in [2.75, 3.05) is 18.0 Å². The van der Waals surface area contributed by atoms with Crippen LogP contribution in [0.15, 0.2) is 12.1 Å². The summed E-state index contributed by atoms with van der Waals surface area (Å²) >= 11 is 5.88. The third-order valence-electron chi connectivity index (χ3n) is 3.25. The lowest BCUT2D eigenvalue weighted by Gasteiger charge is -2.38. The fraction of sp³-hybridized carbons (Fsp3) is 0.538. The van der Waals surface area contributed by atoms with Crippen molar-refractivity contribution in [3.05, 3.63) is 22.8 Å². The molecule has 2 rings (SSSR count). The molecule has 0 bridgehead atoms. The molecule has 0 spiro atoms. The van der Waals surface area contributed by atoms with E-state index in [4.69, 9.17) is 16.7 Å². The third-order valence-corrected chi connectivity index (χ3v) is 3.45. The number of carbonyl (C=O) groups is 1. The van der Waals surface area contributed by atoms with Crippen LogP contribution < -0.4 is 4.90 Å². The minimum atomic E-state index is -0.975. The molecular weight excluding hydrogens is 252 g/mol. The van der Waals surface area contributed by atoms with E-state index in [9.17, 15) is 4.79 Å². The van der Waals surface area contributed by atoms with Crippen LogP contribution >= 0.6 is 11.6 Å². The number of nitrogens with zero attached hydrogens (tertiary/aromatic N) is 2. The second kappa shape index (κ2) is 4.76. The van der Waals surface area contributed by atoms with Crippen LogP contribution in [0.25, 0.3) is 0 Å². The van der Waals surface area contributed by atoms with E-state index in [1.807, 2.05) is 0 Å². The average Bonchev–Trinajstić information content (AvgIpc) is 2.26. The van der Waals surface area contributed by atoms with Gasteiger partial charge < -0.3 is 10.0 Å². The Morgan fingerprint density at radius 2 is 2.22 bits per heavy atom. The number of hydrogen-bond acceptors (Lipinski definition) is 3. The Labute approximate surface area is 112 Å². The van der Waals surface area contributed by atoms with Crippen LogP contribution in [-0.2, 0) is 0 Å². The van der Waals surface area contributed by atoms with Gasteiger partial charge in [-0.25, -0.2) is 9.78 Å². The molecule has 0 atom stereocenters. The molecule has 1 saturated heterocycles. The summed E-state index contributed by atoms with van der Waals surface area (Å²) in [4.78, 5) is 17.4. The summed E-state index contributed by atoms with van der Waals surface area (Å²) in [7, 11) is 0. The average molecular weight is 269 g/mol. The van der Waals surface area contributed by atoms with Gasteiger partial charge in [0.05, 0.1) is 5.56 Å². The number of halogens is 1. The zero-order chi connectivity index (χ0) is 13.3. The minimum absolute atomic E-state index is 0.188. The van der Waals surface area contributed by atoms with E-state index >= 15 is 0 Å². The minimum Gasteiger partial charge on any atom is -0.478 e. The number of rotatable bonds is 2. The number of carboxylic acid groups (broad SMARTS) is 1. The molecule has 0 amide bonds. The summed E-state index contributed by atoms with van der Waals surface area (Å²) in [6.45, 7) is 6.19. The first-order valence-electron chi connectivity index (χ1n) is 6.03. The third kappa shape index (κ3) is 2.93. The fourth-order valence-electron chi connectivity index (χ4n) is 2.39. The van der Waals surface area contributed by atoms with E-state index < -0.39 is 5.97 Å². The molecular formula is C13H17ClN2O2. The lowest BCUT2D eigenvalue weighted by Crippen LogP contribution is -2.40. The van der Waals surface area contributed by atoms with Gasteiger partial charge in [-0.05, 0) is 30.4 Å². The fourth-order valence-corrected chi connectivity index (χ4v) is 2.59. The van der Waals surface area contributed by atoms with Crippen LogP contribution in [0, 0.1) is 5.41 Å². The van der Waals surface area contributed by atoms with E-state index in [2.05, 4.69) is 23.7 Å². The van der Waals surface area contributed by atoms with E-state index in [1.165, 1.54) is 12.5 Å². The number of piperidine rings is 1. The van der Waals surface area contributed by atoms with Crippen molar-refractivity contribution in [1.29, 1.82) is 0 Å². The highest BCUT2D eigenvalue weighted by Crippen LogP contribution is 2.31. The molecule has 1 aliphatic rings. The summed E-state index contributed by atoms with van der Waals surface area (Å²) < 4.78 is 0. The maximum atomic E-state index is 11.0. The van der Waals surface area contributed by atoms with Crippen molar-refractivity contribution < 1.29 is 9.90 Å². The normalized spacial score (nSPS) is 18.7. The van der Waals surface area contributed by atoms with Crippen molar-refractivity contribution in [2.45, 2.75) is 26.7 Å². The Kier molecular flexibility index (Phi) is 3.48. The van der Waals surface area contributed by atoms with Gasteiger partial charge in [-0.15, -0.1) is 0 Å². The Morgan fingerprint density at radius 3 is 2.83 bits per heavy atom. The van der Waals surface area contributed by atoms with Gasteiger partial charge in [-0.3, -0.25) is 0 Å². The molecule has 0 aromatic carbocycles. The first-order valence-corrected chi connectivity index (χ1v) is 6.41. The standard InChI is InChI=1S/C13H17ClN2O2/c1-13(2)4-3-5-16(8-13)11-7-9(12(17)18)6-10(14)15-11/h6-7H,3-5,8H2,1-2H3,(H,17,18). The summed E-state index contributed by atoms with van der Waals surface area (Å²) in [5.41, 5.74) is 0.416. The van der Waals surface area contributed by atoms with Crippen molar-refractivity contribution in [3.8, 4) is 0 Å². The second-order valence-corrected chi connectivity index (χ2v) is 5.92. The van der Waals surface area contributed by atoms with Crippen molar-refractivity contribution in [3.63, 3.8) is 0 Å². The maximum Gasteiger partial charge on any atom is 0.335 e. The molecule has 1 aromatic rings. The Balaban J connectivity index is 2.30. The van der Waals surface area contributed by atoms with E-state index in [1.54, 1.807) is 6.07 Å². The molecule has 2 heterocycles. The predicted molar refractivity (Wildman–Crippen MR) is 71.4 cm³/mol. The van der Waals surface area contributed by atoms with Gasteiger partial charge in [0.1, 0.15) is 11.0 Å². The van der Waals surface area contributed by atoms with Crippen LogP contribution in [0.1, 0.15) is 37.0 Å². The van der Waals surface area contributed by atoms with Gasteiger partial charge in [0.25, 0.3) is 0 Å². The van der Waals surface area contributed by atoms with Gasteiger partial charge in [-0.2, -0.15) is 0 Å². The van der Waals surface area contributed by atoms with Gasteiger partial charge in [-0.1, -0.05) is 25.4 Å². The highest BCUT2D eigenvalue weighted by molar-refractivity contribution is 6.29. The number of anilines is 1. The molecule has 4 nitrogen and oxygen atoms in total. The number of aromatic carboxylic acids is 1. The molecule has 1 N–H and O–H groups in total. The topological polar surface area (TPSA) is 53.4 Å². The van der Waals surface area contributed by atoms with E-state index in [-0.39, 0.29) is 16.1 Å². The molecule has 1 aromatic heterocycles. The summed E-state index contributed by atoms with van der Waals surface area (Å²) in [5, 5.41) is 9.26. The highest BCUT2D eigenvalue weighted by Gasteiger charge is 2.27. The van der Waals surface area contributed by atoms with Crippen LogP contribution in [0.5, 0.6) is 0 Å². The number of carboxylic acids is 1. The first kappa shape index (κ1) is 13.1. The van der Waals surface area contributed by atoms with Gasteiger partial charge in [0.2, 0.25) is 0 Å². The SMILES string of the molecule is CC1(C)CCCN(c2cc(C(=O)O)cc(Cl)n2)C1. The van der Waals surface area contributed by atoms with Crippen molar-refractivity contribution in [1.82, 2.24) is 4.98 Å². The number of pyridine rings is 1. The molecule has 98 valence electrons. The summed E-state index contributed by atoms with van der Waals surface area (Å²) in [5.74, 6) is -0.315. The van der Waals surface area contributed by atoms with Crippen LogP contribution in [0.4, 0.5) is 5.82 Å². The second-order valence-electron chi connectivity index (χ2n) is 5.53. The Bertz CT molecular complexity index is 474. The molecule has 1 fully saturated rings. The molecule has 0 unspecified atom stereocenters. The van der Waals surface area contributed by atoms with Crippen molar-refractivity contribution in [2.24, 2.45) is 5.41 Å². The zero-order valence-corrected chi connectivity index (χ0v) is 11.4. The van der Waals surface area contributed by atoms with Crippen LogP contribution in [0.3, 0.4) is 0 Å². The lowest BCUT2D eigenvalue weighted by atomic mass is 9.84. The van der Waals surface area contributed by atoms with Gasteiger partial charge >= 0.3 is 5.97 Å². The van der Waals surface area contributed by atoms with Crippen LogP contribution in [-0.4, -0.2) is 29.1 Å². The van der Waals surface area contributed by atoms with Crippen LogP contribution in [0.2, 0.25) is 5.15 Å². The Morgan fingerprint density at radius 1 is 1.50 bits per heavy atom. The van der Waals surface area contributed by atoms with E-state index in [0.29, 0.717) is 5.82 Å². The molecule has 0 radical (unpaired) electrons. The summed E-state index contributed by atoms with van der Waals surface area (Å²) in [6.07, 6.45) is 2.26. The molecule has 0 saturated carbocycles. The summed E-state index contributed by atoms with van der Waals surface area (Å²) in [6, 6.07) is 2.97. The predicted octanol–water partition coefficient (Wildman–Crippen LogP) is 3.06. The molecule has 0 aliphatic carbocycles. The Hall–Kier alpha value is -1.29. The number of hydrogen-bond donors (Lipinski definition) is 1. The van der Waals surface area contributed by atoms with Gasteiger partial charge in [0, 0.05) is 13.1 Å². The van der Waals surface area contributed by atoms with E-state index in [0.717, 1.165) is 19.5 Å². The molecule has 5 heteroatoms. The molecule has 18 heavy (non-hydrogen) atoms. The monoisotopic (exact) mass is 268 g/mol. The first-order chi connectivity index (χ1) is 8.37.